The highest BCUT2D eigenvalue weighted by molar-refractivity contribution is 6.32. The van der Waals surface area contributed by atoms with Crippen LogP contribution in [0, 0.1) is 12.3 Å². The van der Waals surface area contributed by atoms with Crippen molar-refractivity contribution < 1.29 is 4.79 Å². The molecule has 0 amide bonds. The number of pyridine rings is 1. The van der Waals surface area contributed by atoms with E-state index >= 15 is 0 Å². The molecule has 0 atom stereocenters. The first-order valence-corrected chi connectivity index (χ1v) is 8.46. The Morgan fingerprint density at radius 1 is 1.44 bits per heavy atom. The first kappa shape index (κ1) is 19.0. The Bertz CT molecular complexity index is 798. The predicted molar refractivity (Wildman–Crippen MR) is 103 cm³/mol. The van der Waals surface area contributed by atoms with Crippen molar-refractivity contribution >= 4 is 23.6 Å². The molecule has 4 nitrogen and oxygen atoms in total. The van der Waals surface area contributed by atoms with Crippen molar-refractivity contribution in [1.29, 1.82) is 5.41 Å². The molecule has 1 aromatic carbocycles. The van der Waals surface area contributed by atoms with Crippen LogP contribution in [0.3, 0.4) is 0 Å². The third-order valence-corrected chi connectivity index (χ3v) is 4.72. The molecule has 0 radical (unpaired) electrons. The number of nitrogens with one attached hydrogen (secondary N) is 2. The topological polar surface area (TPSA) is 65.8 Å². The zero-order valence-electron chi connectivity index (χ0n) is 14.5. The summed E-state index contributed by atoms with van der Waals surface area (Å²) in [6.07, 6.45) is 5.42. The third kappa shape index (κ3) is 4.41. The molecule has 5 heteroatoms. The summed E-state index contributed by atoms with van der Waals surface area (Å²) in [5.41, 5.74) is 5.40. The van der Waals surface area contributed by atoms with Crippen LogP contribution >= 0.6 is 11.6 Å². The molecule has 0 unspecified atom stereocenters. The van der Waals surface area contributed by atoms with Gasteiger partial charge in [-0.2, -0.15) is 0 Å². The highest BCUT2D eigenvalue weighted by Gasteiger charge is 2.14. The van der Waals surface area contributed by atoms with E-state index in [1.54, 1.807) is 12.3 Å². The minimum absolute atomic E-state index is 0.294. The van der Waals surface area contributed by atoms with E-state index in [1.165, 1.54) is 6.08 Å². The van der Waals surface area contributed by atoms with Gasteiger partial charge in [0, 0.05) is 16.8 Å². The van der Waals surface area contributed by atoms with Crippen molar-refractivity contribution in [2.75, 3.05) is 13.6 Å². The normalized spacial score (nSPS) is 10.5. The molecular weight excluding hydrogens is 334 g/mol. The molecule has 2 aromatic rings. The lowest BCUT2D eigenvalue weighted by molar-refractivity contribution is 0.112. The minimum atomic E-state index is 0.294. The zero-order chi connectivity index (χ0) is 18.4. The quantitative estimate of drug-likeness (QED) is 0.559. The van der Waals surface area contributed by atoms with Gasteiger partial charge in [0.2, 0.25) is 0 Å². The van der Waals surface area contributed by atoms with Crippen LogP contribution in [0.25, 0.3) is 0 Å². The van der Waals surface area contributed by atoms with E-state index in [2.05, 4.69) is 16.9 Å². The molecule has 2 N–H and O–H groups in total. The molecule has 0 aliphatic rings. The Kier molecular flexibility index (Phi) is 6.62. The SMILES string of the molecule is C=CC(=N)c1ccc(Cc2cc(C=O)c(CCNC)c(Cl)c2C)cn1. The molecule has 0 aliphatic carbocycles. The highest BCUT2D eigenvalue weighted by Crippen LogP contribution is 2.29. The fourth-order valence-electron chi connectivity index (χ4n) is 2.68. The molecule has 0 fully saturated rings. The zero-order valence-corrected chi connectivity index (χ0v) is 15.3. The maximum Gasteiger partial charge on any atom is 0.150 e. The fraction of sp³-hybridized carbons (Fsp3) is 0.250. The van der Waals surface area contributed by atoms with Gasteiger partial charge in [-0.25, -0.2) is 0 Å². The Morgan fingerprint density at radius 3 is 2.76 bits per heavy atom. The summed E-state index contributed by atoms with van der Waals surface area (Å²) in [4.78, 5) is 15.8. The summed E-state index contributed by atoms with van der Waals surface area (Å²) in [5.74, 6) is 0. The lowest BCUT2D eigenvalue weighted by atomic mass is 9.94. The number of aldehydes is 1. The van der Waals surface area contributed by atoms with Gasteiger partial charge in [0.1, 0.15) is 6.29 Å². The standard InChI is InChI=1S/C20H22ClN3O/c1-4-18(22)19-6-5-14(11-24-19)9-15-10-16(12-25)17(7-8-23-3)20(21)13(15)2/h4-6,10-12,22-23H,1,7-9H2,2-3H3. The van der Waals surface area contributed by atoms with Crippen molar-refractivity contribution in [1.82, 2.24) is 10.3 Å². The van der Waals surface area contributed by atoms with Crippen molar-refractivity contribution in [2.24, 2.45) is 0 Å². The van der Waals surface area contributed by atoms with E-state index in [-0.39, 0.29) is 0 Å². The van der Waals surface area contributed by atoms with E-state index in [9.17, 15) is 4.79 Å². The average molecular weight is 356 g/mol. The molecule has 0 saturated heterocycles. The maximum absolute atomic E-state index is 11.5. The van der Waals surface area contributed by atoms with E-state index < -0.39 is 0 Å². The maximum atomic E-state index is 11.5. The Hall–Kier alpha value is -2.30. The molecule has 0 aliphatic heterocycles. The van der Waals surface area contributed by atoms with Crippen LogP contribution in [0.15, 0.2) is 37.1 Å². The highest BCUT2D eigenvalue weighted by atomic mass is 35.5. The number of nitrogens with zero attached hydrogens (tertiary/aromatic N) is 1. The van der Waals surface area contributed by atoms with Gasteiger partial charge in [-0.05, 0) is 73.8 Å². The van der Waals surface area contributed by atoms with E-state index in [1.807, 2.05) is 26.1 Å². The number of halogens is 1. The van der Waals surface area contributed by atoms with Crippen LogP contribution in [0.1, 0.15) is 38.3 Å². The molecule has 0 saturated carbocycles. The summed E-state index contributed by atoms with van der Waals surface area (Å²) < 4.78 is 0. The van der Waals surface area contributed by atoms with Crippen LogP contribution in [-0.4, -0.2) is 30.6 Å². The van der Waals surface area contributed by atoms with Crippen LogP contribution in [0.4, 0.5) is 0 Å². The molecule has 0 bridgehead atoms. The molecular formula is C20H22ClN3O. The summed E-state index contributed by atoms with van der Waals surface area (Å²) >= 11 is 6.53. The number of hydrogen-bond donors (Lipinski definition) is 2. The smallest absolute Gasteiger partial charge is 0.150 e. The van der Waals surface area contributed by atoms with Gasteiger partial charge in [0.25, 0.3) is 0 Å². The molecule has 2 rings (SSSR count). The van der Waals surface area contributed by atoms with Crippen molar-refractivity contribution in [3.63, 3.8) is 0 Å². The molecule has 1 aromatic heterocycles. The number of benzene rings is 1. The van der Waals surface area contributed by atoms with Crippen LogP contribution in [-0.2, 0) is 12.8 Å². The number of allylic oxidation sites excluding steroid dienone is 1. The van der Waals surface area contributed by atoms with Crippen molar-refractivity contribution in [2.45, 2.75) is 19.8 Å². The minimum Gasteiger partial charge on any atom is -0.319 e. The Labute approximate surface area is 153 Å². The fourth-order valence-corrected chi connectivity index (χ4v) is 3.01. The lowest BCUT2D eigenvalue weighted by Crippen LogP contribution is -2.13. The van der Waals surface area contributed by atoms with Crippen LogP contribution < -0.4 is 5.32 Å². The van der Waals surface area contributed by atoms with Gasteiger partial charge < -0.3 is 5.32 Å². The predicted octanol–water partition coefficient (Wildman–Crippen LogP) is 3.76. The molecule has 1 heterocycles. The van der Waals surface area contributed by atoms with E-state index in [0.29, 0.717) is 34.8 Å². The number of hydrogen-bond acceptors (Lipinski definition) is 4. The Balaban J connectivity index is 2.33. The van der Waals surface area contributed by atoms with Crippen LogP contribution in [0.2, 0.25) is 5.02 Å². The number of carbonyl (C=O) groups is 1. The van der Waals surface area contributed by atoms with Gasteiger partial charge in [-0.15, -0.1) is 0 Å². The first-order chi connectivity index (χ1) is 12.0. The van der Waals surface area contributed by atoms with Gasteiger partial charge >= 0.3 is 0 Å². The number of aromatic nitrogens is 1. The second kappa shape index (κ2) is 8.70. The number of likely N-dealkylation sites (N-methyl/N-ethyl adjacent to an activating group) is 1. The summed E-state index contributed by atoms with van der Waals surface area (Å²) in [6, 6.07) is 5.65. The molecule has 25 heavy (non-hydrogen) atoms. The summed E-state index contributed by atoms with van der Waals surface area (Å²) in [7, 11) is 1.87. The number of rotatable bonds is 8. The second-order valence-corrected chi connectivity index (χ2v) is 6.24. The van der Waals surface area contributed by atoms with Gasteiger partial charge in [0.05, 0.1) is 11.4 Å². The second-order valence-electron chi connectivity index (χ2n) is 5.86. The van der Waals surface area contributed by atoms with Crippen molar-refractivity contribution in [3.05, 3.63) is 75.6 Å². The van der Waals surface area contributed by atoms with E-state index in [0.717, 1.165) is 35.1 Å². The Morgan fingerprint density at radius 2 is 2.20 bits per heavy atom. The van der Waals surface area contributed by atoms with Gasteiger partial charge in [0.15, 0.2) is 0 Å². The largest absolute Gasteiger partial charge is 0.319 e. The van der Waals surface area contributed by atoms with Gasteiger partial charge in [-0.3, -0.25) is 15.2 Å². The van der Waals surface area contributed by atoms with E-state index in [4.69, 9.17) is 17.0 Å². The number of carbonyl (C=O) groups excluding carboxylic acids is 1. The summed E-state index contributed by atoms with van der Waals surface area (Å²) in [6.45, 7) is 6.32. The first-order valence-electron chi connectivity index (χ1n) is 8.08. The van der Waals surface area contributed by atoms with Crippen molar-refractivity contribution in [3.8, 4) is 0 Å². The lowest BCUT2D eigenvalue weighted by Gasteiger charge is -2.15. The third-order valence-electron chi connectivity index (χ3n) is 4.21. The molecule has 0 spiro atoms. The molecule has 130 valence electrons. The van der Waals surface area contributed by atoms with Gasteiger partial charge in [-0.1, -0.05) is 24.2 Å². The monoisotopic (exact) mass is 355 g/mol. The average Bonchev–Trinajstić information content (AvgIpc) is 2.64. The summed E-state index contributed by atoms with van der Waals surface area (Å²) in [5, 5.41) is 11.5. The van der Waals surface area contributed by atoms with Crippen LogP contribution in [0.5, 0.6) is 0 Å².